The van der Waals surface area contributed by atoms with Crippen LogP contribution in [0.15, 0.2) is 70.4 Å². The van der Waals surface area contributed by atoms with Crippen LogP contribution in [0.5, 0.6) is 5.75 Å². The molecule has 2 aromatic heterocycles. The molecule has 2 heterocycles. The predicted molar refractivity (Wildman–Crippen MR) is 143 cm³/mol. The molecule has 4 rings (SSSR count). The smallest absolute Gasteiger partial charge is 0.152 e. The van der Waals surface area contributed by atoms with Crippen LogP contribution in [0.3, 0.4) is 0 Å². The van der Waals surface area contributed by atoms with Crippen molar-refractivity contribution in [2.75, 3.05) is 31.0 Å². The second kappa shape index (κ2) is 10.7. The van der Waals surface area contributed by atoms with Gasteiger partial charge in [-0.15, -0.1) is 0 Å². The van der Waals surface area contributed by atoms with E-state index in [-0.39, 0.29) is 5.92 Å². The van der Waals surface area contributed by atoms with E-state index in [9.17, 15) is 0 Å². The molecule has 0 unspecified atom stereocenters. The molecule has 34 heavy (non-hydrogen) atoms. The van der Waals surface area contributed by atoms with Gasteiger partial charge < -0.3 is 14.2 Å². The average Bonchev–Trinajstić information content (AvgIpc) is 3.18. The van der Waals surface area contributed by atoms with Crippen molar-refractivity contribution >= 4 is 44.7 Å². The summed E-state index contributed by atoms with van der Waals surface area (Å²) >= 11 is 3.45. The SMILES string of the molecule is CC(C)c1nc(N/N=C/c2cn(CCOc3ccc(Br)cc3)c3ccccc23)cc(N(C)C)n1. The minimum absolute atomic E-state index is 0.224. The third kappa shape index (κ3) is 5.75. The van der Waals surface area contributed by atoms with E-state index in [2.05, 4.69) is 73.2 Å². The van der Waals surface area contributed by atoms with Gasteiger partial charge in [-0.2, -0.15) is 5.10 Å². The van der Waals surface area contributed by atoms with E-state index >= 15 is 0 Å². The molecule has 0 aliphatic heterocycles. The van der Waals surface area contributed by atoms with Crippen molar-refractivity contribution in [1.29, 1.82) is 0 Å². The summed E-state index contributed by atoms with van der Waals surface area (Å²) in [5, 5.41) is 5.61. The van der Waals surface area contributed by atoms with Crippen molar-refractivity contribution in [1.82, 2.24) is 14.5 Å². The highest BCUT2D eigenvalue weighted by molar-refractivity contribution is 9.10. The van der Waals surface area contributed by atoms with Gasteiger partial charge in [0, 0.05) is 53.2 Å². The molecule has 0 atom stereocenters. The van der Waals surface area contributed by atoms with Gasteiger partial charge in [0.15, 0.2) is 5.82 Å². The van der Waals surface area contributed by atoms with Gasteiger partial charge in [-0.25, -0.2) is 9.97 Å². The van der Waals surface area contributed by atoms with E-state index in [1.807, 2.05) is 67.7 Å². The maximum Gasteiger partial charge on any atom is 0.152 e. The molecule has 0 amide bonds. The Bertz CT molecular complexity index is 1250. The van der Waals surface area contributed by atoms with Crippen molar-refractivity contribution in [2.24, 2.45) is 5.10 Å². The minimum atomic E-state index is 0.224. The number of hydrazone groups is 1. The Balaban J connectivity index is 1.49. The third-order valence-electron chi connectivity index (χ3n) is 5.32. The largest absolute Gasteiger partial charge is 0.492 e. The first-order chi connectivity index (χ1) is 16.4. The van der Waals surface area contributed by atoms with E-state index in [1.165, 1.54) is 0 Å². The van der Waals surface area contributed by atoms with E-state index in [0.717, 1.165) is 44.9 Å². The van der Waals surface area contributed by atoms with Gasteiger partial charge in [0.25, 0.3) is 0 Å². The zero-order valence-electron chi connectivity index (χ0n) is 19.9. The molecular weight excluding hydrogens is 492 g/mol. The minimum Gasteiger partial charge on any atom is -0.492 e. The van der Waals surface area contributed by atoms with Gasteiger partial charge in [-0.05, 0) is 30.3 Å². The molecule has 7 nitrogen and oxygen atoms in total. The molecular formula is C26H29BrN6O. The van der Waals surface area contributed by atoms with E-state index in [4.69, 9.17) is 4.74 Å². The number of rotatable bonds is 9. The van der Waals surface area contributed by atoms with Crippen LogP contribution in [-0.4, -0.2) is 41.5 Å². The molecule has 176 valence electrons. The molecule has 0 saturated carbocycles. The Labute approximate surface area is 208 Å². The molecule has 0 saturated heterocycles. The predicted octanol–water partition coefficient (Wildman–Crippen LogP) is 5.91. The van der Waals surface area contributed by atoms with Crippen LogP contribution in [0.25, 0.3) is 10.9 Å². The maximum atomic E-state index is 5.92. The normalized spacial score (nSPS) is 11.5. The summed E-state index contributed by atoms with van der Waals surface area (Å²) in [5.41, 5.74) is 5.25. The van der Waals surface area contributed by atoms with Gasteiger partial charge in [0.05, 0.1) is 12.8 Å². The Kier molecular flexibility index (Phi) is 7.47. The summed E-state index contributed by atoms with van der Waals surface area (Å²) in [6.45, 7) is 5.46. The highest BCUT2D eigenvalue weighted by Crippen LogP contribution is 2.22. The fourth-order valence-corrected chi connectivity index (χ4v) is 3.79. The fraction of sp³-hybridized carbons (Fsp3) is 0.269. The highest BCUT2D eigenvalue weighted by atomic mass is 79.9. The Morgan fingerprint density at radius 2 is 1.88 bits per heavy atom. The molecule has 8 heteroatoms. The average molecular weight is 521 g/mol. The second-order valence-electron chi connectivity index (χ2n) is 8.49. The van der Waals surface area contributed by atoms with Gasteiger partial charge in [-0.1, -0.05) is 48.0 Å². The van der Waals surface area contributed by atoms with E-state index < -0.39 is 0 Å². The lowest BCUT2D eigenvalue weighted by Crippen LogP contribution is -2.13. The first-order valence-electron chi connectivity index (χ1n) is 11.2. The monoisotopic (exact) mass is 520 g/mol. The third-order valence-corrected chi connectivity index (χ3v) is 5.85. The number of ether oxygens (including phenoxy) is 1. The molecule has 0 radical (unpaired) electrons. The van der Waals surface area contributed by atoms with Crippen molar-refractivity contribution in [3.8, 4) is 5.75 Å². The summed E-state index contributed by atoms with van der Waals surface area (Å²) < 4.78 is 9.15. The summed E-state index contributed by atoms with van der Waals surface area (Å²) in [6.07, 6.45) is 3.94. The van der Waals surface area contributed by atoms with Crippen molar-refractivity contribution in [3.05, 3.63) is 76.7 Å². The summed E-state index contributed by atoms with van der Waals surface area (Å²) in [6, 6.07) is 18.1. The Morgan fingerprint density at radius 1 is 1.12 bits per heavy atom. The topological polar surface area (TPSA) is 67.6 Å². The molecule has 1 N–H and O–H groups in total. The Hall–Kier alpha value is -3.39. The van der Waals surface area contributed by atoms with Crippen LogP contribution in [0.2, 0.25) is 0 Å². The fourth-order valence-electron chi connectivity index (χ4n) is 3.52. The molecule has 4 aromatic rings. The Morgan fingerprint density at radius 3 is 2.62 bits per heavy atom. The number of halogens is 1. The lowest BCUT2D eigenvalue weighted by atomic mass is 10.2. The van der Waals surface area contributed by atoms with Gasteiger partial charge in [0.1, 0.15) is 24.0 Å². The molecule has 0 aliphatic carbocycles. The highest BCUT2D eigenvalue weighted by Gasteiger charge is 2.10. The molecule has 0 spiro atoms. The van der Waals surface area contributed by atoms with Crippen LogP contribution < -0.4 is 15.1 Å². The number of para-hydroxylation sites is 1. The van der Waals surface area contributed by atoms with Crippen molar-refractivity contribution in [3.63, 3.8) is 0 Å². The maximum absolute atomic E-state index is 5.92. The van der Waals surface area contributed by atoms with Gasteiger partial charge in [-0.3, -0.25) is 5.43 Å². The number of nitrogens with zero attached hydrogens (tertiary/aromatic N) is 5. The first-order valence-corrected chi connectivity index (χ1v) is 12.0. The zero-order valence-corrected chi connectivity index (χ0v) is 21.5. The number of nitrogens with one attached hydrogen (secondary N) is 1. The molecule has 0 aliphatic rings. The second-order valence-corrected chi connectivity index (χ2v) is 9.40. The summed E-state index contributed by atoms with van der Waals surface area (Å²) in [5.74, 6) is 3.38. The quantitative estimate of drug-likeness (QED) is 0.219. The summed E-state index contributed by atoms with van der Waals surface area (Å²) in [7, 11) is 3.93. The van der Waals surface area contributed by atoms with Gasteiger partial charge in [0.2, 0.25) is 0 Å². The first kappa shape index (κ1) is 23.8. The number of aromatic nitrogens is 3. The standard InChI is InChI=1S/C26H29BrN6O/c1-18(2)26-29-24(15-25(30-26)32(3)4)31-28-16-19-17-33(23-8-6-5-7-22(19)23)13-14-34-21-11-9-20(27)10-12-21/h5-12,15-18H,13-14H2,1-4H3,(H,29,30,31)/b28-16+. The molecule has 0 fully saturated rings. The van der Waals surface area contributed by atoms with Crippen LogP contribution in [0.1, 0.15) is 31.2 Å². The number of benzene rings is 2. The summed E-state index contributed by atoms with van der Waals surface area (Å²) in [4.78, 5) is 11.2. The number of hydrogen-bond donors (Lipinski definition) is 1. The van der Waals surface area contributed by atoms with E-state index in [0.29, 0.717) is 12.4 Å². The number of anilines is 2. The van der Waals surface area contributed by atoms with E-state index in [1.54, 1.807) is 0 Å². The molecule has 0 bridgehead atoms. The number of fused-ring (bicyclic) bond motifs is 1. The van der Waals surface area contributed by atoms with Crippen LogP contribution in [-0.2, 0) is 6.54 Å². The van der Waals surface area contributed by atoms with Crippen molar-refractivity contribution < 1.29 is 4.74 Å². The van der Waals surface area contributed by atoms with Gasteiger partial charge >= 0.3 is 0 Å². The van der Waals surface area contributed by atoms with Crippen molar-refractivity contribution in [2.45, 2.75) is 26.3 Å². The van der Waals surface area contributed by atoms with Crippen LogP contribution in [0, 0.1) is 0 Å². The number of hydrogen-bond acceptors (Lipinski definition) is 6. The lowest BCUT2D eigenvalue weighted by molar-refractivity contribution is 0.300. The van der Waals surface area contributed by atoms with Crippen LogP contribution >= 0.6 is 15.9 Å². The zero-order chi connectivity index (χ0) is 24.1. The lowest BCUT2D eigenvalue weighted by Gasteiger charge is -2.15. The molecule has 2 aromatic carbocycles. The van der Waals surface area contributed by atoms with Crippen LogP contribution in [0.4, 0.5) is 11.6 Å².